The molecule has 0 fully saturated rings. The van der Waals surface area contributed by atoms with E-state index in [1.807, 2.05) is 0 Å². The highest BCUT2D eigenvalue weighted by atomic mass is 16.5. The molecule has 0 aliphatic rings. The average Bonchev–Trinajstić information content (AvgIpc) is 2.18. The van der Waals surface area contributed by atoms with Crippen LogP contribution in [0.1, 0.15) is 51.9 Å². The molecule has 0 aromatic heterocycles. The summed E-state index contributed by atoms with van der Waals surface area (Å²) in [6.45, 7) is 2.56. The molecule has 0 rings (SSSR count). The Labute approximate surface area is 85.8 Å². The Kier molecular flexibility index (Phi) is 9.59. The van der Waals surface area contributed by atoms with Gasteiger partial charge in [-0.2, -0.15) is 0 Å². The van der Waals surface area contributed by atoms with Gasteiger partial charge in [-0.05, 0) is 19.3 Å². The smallest absolute Gasteiger partial charge is 0.305 e. The highest BCUT2D eigenvalue weighted by Gasteiger charge is 2.01. The van der Waals surface area contributed by atoms with Crippen LogP contribution in [0.4, 0.5) is 0 Å². The van der Waals surface area contributed by atoms with E-state index < -0.39 is 0 Å². The maximum absolute atomic E-state index is 11.1. The van der Waals surface area contributed by atoms with Crippen molar-refractivity contribution in [2.45, 2.75) is 51.9 Å². The summed E-state index contributed by atoms with van der Waals surface area (Å²) in [5.74, 6) is -0.107. The second kappa shape index (κ2) is 10.2. The van der Waals surface area contributed by atoms with Crippen LogP contribution < -0.4 is 0 Å². The minimum atomic E-state index is -0.107. The number of carbonyl (C=O) groups is 2. The second-order valence-corrected chi connectivity index (χ2v) is 3.34. The third-order valence-corrected chi connectivity index (χ3v) is 1.96. The van der Waals surface area contributed by atoms with Gasteiger partial charge in [0.15, 0.2) is 0 Å². The van der Waals surface area contributed by atoms with Crippen molar-refractivity contribution in [2.75, 3.05) is 6.61 Å². The molecule has 3 heteroatoms. The first kappa shape index (κ1) is 13.1. The molecular weight excluding hydrogens is 180 g/mol. The zero-order valence-electron chi connectivity index (χ0n) is 8.96. The molecule has 0 aromatic rings. The Morgan fingerprint density at radius 1 is 1.21 bits per heavy atom. The largest absolute Gasteiger partial charge is 0.466 e. The molecule has 0 heterocycles. The third kappa shape index (κ3) is 9.23. The summed E-state index contributed by atoms with van der Waals surface area (Å²) in [5, 5.41) is 0. The van der Waals surface area contributed by atoms with Gasteiger partial charge < -0.3 is 9.53 Å². The average molecular weight is 200 g/mol. The lowest BCUT2D eigenvalue weighted by Crippen LogP contribution is -2.05. The van der Waals surface area contributed by atoms with E-state index in [-0.39, 0.29) is 5.97 Å². The van der Waals surface area contributed by atoms with Gasteiger partial charge in [-0.25, -0.2) is 0 Å². The zero-order chi connectivity index (χ0) is 10.6. The number of carbonyl (C=O) groups excluding carboxylic acids is 2. The SMILES string of the molecule is CCCCCC(=O)OCCCCC=O. The second-order valence-electron chi connectivity index (χ2n) is 3.34. The molecular formula is C11H20O3. The monoisotopic (exact) mass is 200 g/mol. The molecule has 0 aliphatic heterocycles. The number of esters is 1. The fraction of sp³-hybridized carbons (Fsp3) is 0.818. The Bertz CT molecular complexity index is 155. The van der Waals surface area contributed by atoms with E-state index in [9.17, 15) is 9.59 Å². The molecule has 0 spiro atoms. The van der Waals surface area contributed by atoms with E-state index in [2.05, 4.69) is 6.92 Å². The quantitative estimate of drug-likeness (QED) is 0.326. The van der Waals surface area contributed by atoms with E-state index in [0.717, 1.165) is 38.4 Å². The summed E-state index contributed by atoms with van der Waals surface area (Å²) in [4.78, 5) is 21.0. The molecule has 0 radical (unpaired) electrons. The summed E-state index contributed by atoms with van der Waals surface area (Å²) < 4.78 is 4.98. The lowest BCUT2D eigenvalue weighted by Gasteiger charge is -2.03. The maximum atomic E-state index is 11.1. The van der Waals surface area contributed by atoms with Crippen molar-refractivity contribution >= 4 is 12.3 Å². The summed E-state index contributed by atoms with van der Waals surface area (Å²) in [7, 11) is 0. The third-order valence-electron chi connectivity index (χ3n) is 1.96. The van der Waals surface area contributed by atoms with Crippen LogP contribution in [0.25, 0.3) is 0 Å². The molecule has 0 unspecified atom stereocenters. The molecule has 0 saturated carbocycles. The standard InChI is InChI=1S/C11H20O3/c1-2-3-5-8-11(13)14-10-7-4-6-9-12/h9H,2-8,10H2,1H3. The van der Waals surface area contributed by atoms with Gasteiger partial charge in [-0.15, -0.1) is 0 Å². The van der Waals surface area contributed by atoms with Gasteiger partial charge in [0, 0.05) is 12.8 Å². The summed E-state index contributed by atoms with van der Waals surface area (Å²) in [6.07, 6.45) is 6.71. The van der Waals surface area contributed by atoms with Crippen LogP contribution in [-0.2, 0) is 14.3 Å². The molecule has 14 heavy (non-hydrogen) atoms. The van der Waals surface area contributed by atoms with Crippen LogP contribution in [0.5, 0.6) is 0 Å². The lowest BCUT2D eigenvalue weighted by molar-refractivity contribution is -0.143. The first-order valence-electron chi connectivity index (χ1n) is 5.40. The molecule has 0 aliphatic carbocycles. The minimum absolute atomic E-state index is 0.107. The van der Waals surface area contributed by atoms with Crippen LogP contribution in [0, 0.1) is 0 Å². The predicted molar refractivity (Wildman–Crippen MR) is 55.0 cm³/mol. The van der Waals surface area contributed by atoms with Crippen LogP contribution >= 0.6 is 0 Å². The van der Waals surface area contributed by atoms with Crippen molar-refractivity contribution in [2.24, 2.45) is 0 Å². The van der Waals surface area contributed by atoms with Crippen LogP contribution in [0.15, 0.2) is 0 Å². The van der Waals surface area contributed by atoms with Gasteiger partial charge in [-0.3, -0.25) is 4.79 Å². The minimum Gasteiger partial charge on any atom is -0.466 e. The zero-order valence-corrected chi connectivity index (χ0v) is 8.96. The number of unbranched alkanes of at least 4 members (excludes halogenated alkanes) is 4. The van der Waals surface area contributed by atoms with Gasteiger partial charge in [0.2, 0.25) is 0 Å². The van der Waals surface area contributed by atoms with E-state index in [4.69, 9.17) is 4.74 Å². The molecule has 3 nitrogen and oxygen atoms in total. The fourth-order valence-corrected chi connectivity index (χ4v) is 1.11. The topological polar surface area (TPSA) is 43.4 Å². The molecule has 0 atom stereocenters. The van der Waals surface area contributed by atoms with Gasteiger partial charge in [0.25, 0.3) is 0 Å². The predicted octanol–water partition coefficient (Wildman–Crippen LogP) is 2.48. The Hall–Kier alpha value is -0.860. The Morgan fingerprint density at radius 3 is 2.64 bits per heavy atom. The lowest BCUT2D eigenvalue weighted by atomic mass is 10.2. The normalized spacial score (nSPS) is 9.79. The number of ether oxygens (including phenoxy) is 1. The van der Waals surface area contributed by atoms with Crippen molar-refractivity contribution in [3.63, 3.8) is 0 Å². The van der Waals surface area contributed by atoms with Gasteiger partial charge in [-0.1, -0.05) is 19.8 Å². The molecule has 0 saturated heterocycles. The first-order valence-corrected chi connectivity index (χ1v) is 5.40. The molecule has 82 valence electrons. The van der Waals surface area contributed by atoms with Crippen LogP contribution in [0.3, 0.4) is 0 Å². The van der Waals surface area contributed by atoms with Crippen molar-refractivity contribution in [3.8, 4) is 0 Å². The van der Waals surface area contributed by atoms with E-state index in [0.29, 0.717) is 19.4 Å². The molecule has 0 bridgehead atoms. The summed E-state index contributed by atoms with van der Waals surface area (Å²) in [5.41, 5.74) is 0. The first-order chi connectivity index (χ1) is 6.81. The van der Waals surface area contributed by atoms with Crippen LogP contribution in [0.2, 0.25) is 0 Å². The van der Waals surface area contributed by atoms with Crippen molar-refractivity contribution < 1.29 is 14.3 Å². The van der Waals surface area contributed by atoms with Gasteiger partial charge in [0.1, 0.15) is 6.29 Å². The van der Waals surface area contributed by atoms with E-state index in [1.54, 1.807) is 0 Å². The fourth-order valence-electron chi connectivity index (χ4n) is 1.11. The number of hydrogen-bond donors (Lipinski definition) is 0. The van der Waals surface area contributed by atoms with Crippen molar-refractivity contribution in [1.29, 1.82) is 0 Å². The highest BCUT2D eigenvalue weighted by molar-refractivity contribution is 5.69. The van der Waals surface area contributed by atoms with Crippen LogP contribution in [-0.4, -0.2) is 18.9 Å². The van der Waals surface area contributed by atoms with Crippen molar-refractivity contribution in [1.82, 2.24) is 0 Å². The Morgan fingerprint density at radius 2 is 2.00 bits per heavy atom. The molecule has 0 amide bonds. The number of aldehydes is 1. The van der Waals surface area contributed by atoms with E-state index in [1.165, 1.54) is 0 Å². The molecule has 0 aromatic carbocycles. The summed E-state index contributed by atoms with van der Waals surface area (Å²) in [6, 6.07) is 0. The number of hydrogen-bond acceptors (Lipinski definition) is 3. The van der Waals surface area contributed by atoms with E-state index >= 15 is 0 Å². The van der Waals surface area contributed by atoms with Crippen molar-refractivity contribution in [3.05, 3.63) is 0 Å². The maximum Gasteiger partial charge on any atom is 0.305 e. The highest BCUT2D eigenvalue weighted by Crippen LogP contribution is 2.01. The van der Waals surface area contributed by atoms with Gasteiger partial charge >= 0.3 is 5.97 Å². The Balaban J connectivity index is 3.14. The molecule has 0 N–H and O–H groups in total. The number of rotatable bonds is 9. The van der Waals surface area contributed by atoms with Gasteiger partial charge in [0.05, 0.1) is 6.61 Å². The summed E-state index contributed by atoms with van der Waals surface area (Å²) >= 11 is 0.